The van der Waals surface area contributed by atoms with Gasteiger partial charge in [-0.15, -0.1) is 0 Å². The average Bonchev–Trinajstić information content (AvgIpc) is 2.16. The highest BCUT2D eigenvalue weighted by atomic mass is 127. The fourth-order valence-corrected chi connectivity index (χ4v) is 1.89. The van der Waals surface area contributed by atoms with Gasteiger partial charge in [-0.1, -0.05) is 0 Å². The number of rotatable bonds is 2. The highest BCUT2D eigenvalue weighted by Gasteiger charge is 2.39. The molecule has 0 amide bonds. The quantitative estimate of drug-likeness (QED) is 0.500. The molecule has 1 nitrogen and oxygen atoms in total. The number of hydrogen-bond acceptors (Lipinski definition) is 1. The molecule has 0 aliphatic rings. The predicted molar refractivity (Wildman–Crippen MR) is 55.8 cm³/mol. The smallest absolute Gasteiger partial charge is 0.417 e. The lowest BCUT2D eigenvalue weighted by molar-refractivity contribution is -0.144. The van der Waals surface area contributed by atoms with Gasteiger partial charge in [-0.3, -0.25) is 0 Å². The van der Waals surface area contributed by atoms with Gasteiger partial charge in [0, 0.05) is 0 Å². The topological polar surface area (TPSA) is 9.23 Å². The van der Waals surface area contributed by atoms with Gasteiger partial charge in [-0.25, -0.2) is 0 Å². The summed E-state index contributed by atoms with van der Waals surface area (Å²) in [5.41, 5.74) is -3.39. The molecule has 19 heavy (non-hydrogen) atoms. The Morgan fingerprint density at radius 3 is 1.84 bits per heavy atom. The molecule has 0 heterocycles. The third-order valence-corrected chi connectivity index (χ3v) is 3.00. The van der Waals surface area contributed by atoms with Gasteiger partial charge in [-0.05, 0) is 34.7 Å². The van der Waals surface area contributed by atoms with Gasteiger partial charge in [0.2, 0.25) is 0 Å². The van der Waals surface area contributed by atoms with Gasteiger partial charge < -0.3 is 4.74 Å². The molecular weight excluding hydrogens is 403 g/mol. The molecule has 0 saturated carbocycles. The second-order valence-corrected chi connectivity index (χ2v) is 4.29. The van der Waals surface area contributed by atoms with Gasteiger partial charge in [0.1, 0.15) is 5.75 Å². The molecule has 0 atom stereocenters. The first kappa shape index (κ1) is 16.2. The maximum Gasteiger partial charge on any atom is 0.417 e. The lowest BCUT2D eigenvalue weighted by Gasteiger charge is -2.16. The lowest BCUT2D eigenvalue weighted by Crippen LogP contribution is -2.15. The number of benzene rings is 1. The monoisotopic (exact) mass is 406 g/mol. The van der Waals surface area contributed by atoms with Crippen molar-refractivity contribution in [2.45, 2.75) is 19.0 Å². The fourth-order valence-electron chi connectivity index (χ4n) is 1.15. The van der Waals surface area contributed by atoms with E-state index in [0.717, 1.165) is 22.6 Å². The van der Waals surface area contributed by atoms with E-state index in [1.165, 1.54) is 0 Å². The van der Waals surface area contributed by atoms with Crippen LogP contribution in [0.5, 0.6) is 5.75 Å². The van der Waals surface area contributed by atoms with E-state index in [1.807, 2.05) is 0 Å². The molecule has 0 saturated heterocycles. The van der Waals surface area contributed by atoms with E-state index in [9.17, 15) is 35.1 Å². The molecule has 0 fully saturated rings. The molecular formula is C9H3F8IO. The molecule has 0 aliphatic carbocycles. The van der Waals surface area contributed by atoms with Gasteiger partial charge in [0.05, 0.1) is 14.7 Å². The Balaban J connectivity index is 3.48. The molecule has 1 rings (SSSR count). The van der Waals surface area contributed by atoms with Crippen molar-refractivity contribution in [2.24, 2.45) is 0 Å². The molecule has 0 unspecified atom stereocenters. The summed E-state index contributed by atoms with van der Waals surface area (Å²) in [6.07, 6.45) is -10.2. The summed E-state index contributed by atoms with van der Waals surface area (Å²) in [6, 6.07) is -0.0523. The van der Waals surface area contributed by atoms with E-state index in [2.05, 4.69) is 4.74 Å². The minimum Gasteiger partial charge on any atom is -0.434 e. The second-order valence-electron chi connectivity index (χ2n) is 3.21. The maximum atomic E-state index is 12.5. The standard InChI is InChI=1S/C9H3F8IO/c10-7(11)19-5-2-3(8(12,13)14)1-4(6(5)18)9(15,16)17/h1-2,7H. The number of alkyl halides is 8. The summed E-state index contributed by atoms with van der Waals surface area (Å²) in [4.78, 5) is 0. The lowest BCUT2D eigenvalue weighted by atomic mass is 10.1. The van der Waals surface area contributed by atoms with Gasteiger partial charge >= 0.3 is 19.0 Å². The number of hydrogen-bond donors (Lipinski definition) is 0. The van der Waals surface area contributed by atoms with Gasteiger partial charge in [-0.2, -0.15) is 35.1 Å². The Bertz CT molecular complexity index is 465. The zero-order valence-corrected chi connectivity index (χ0v) is 10.7. The Labute approximate surface area is 114 Å². The van der Waals surface area contributed by atoms with Crippen molar-refractivity contribution >= 4 is 22.6 Å². The van der Waals surface area contributed by atoms with E-state index in [1.54, 1.807) is 0 Å². The third-order valence-electron chi connectivity index (χ3n) is 1.89. The fraction of sp³-hybridized carbons (Fsp3) is 0.333. The van der Waals surface area contributed by atoms with Crippen LogP contribution in [0.2, 0.25) is 0 Å². The van der Waals surface area contributed by atoms with Crippen molar-refractivity contribution in [3.63, 3.8) is 0 Å². The van der Waals surface area contributed by atoms with Crippen LogP contribution in [0.15, 0.2) is 12.1 Å². The van der Waals surface area contributed by atoms with Crippen LogP contribution >= 0.6 is 22.6 Å². The first-order chi connectivity index (χ1) is 8.43. The van der Waals surface area contributed by atoms with Crippen molar-refractivity contribution in [2.75, 3.05) is 0 Å². The zero-order chi connectivity index (χ0) is 15.0. The Morgan fingerprint density at radius 2 is 1.47 bits per heavy atom. The van der Waals surface area contributed by atoms with Crippen LogP contribution in [0.1, 0.15) is 11.1 Å². The Kier molecular flexibility index (Phi) is 4.52. The number of ether oxygens (including phenoxy) is 1. The maximum absolute atomic E-state index is 12.5. The van der Waals surface area contributed by atoms with Crippen LogP contribution in [-0.2, 0) is 12.4 Å². The molecule has 1 aromatic carbocycles. The molecule has 0 radical (unpaired) electrons. The first-order valence-corrected chi connectivity index (χ1v) is 5.43. The van der Waals surface area contributed by atoms with Crippen LogP contribution < -0.4 is 4.74 Å². The molecule has 0 spiro atoms. The van der Waals surface area contributed by atoms with E-state index in [-0.39, 0.29) is 12.1 Å². The van der Waals surface area contributed by atoms with Crippen LogP contribution in [0.25, 0.3) is 0 Å². The summed E-state index contributed by atoms with van der Waals surface area (Å²) in [6.45, 7) is -3.53. The van der Waals surface area contributed by atoms with Crippen LogP contribution in [0.3, 0.4) is 0 Å². The first-order valence-electron chi connectivity index (χ1n) is 4.35. The molecule has 0 aliphatic heterocycles. The molecule has 1 aromatic rings. The van der Waals surface area contributed by atoms with Gasteiger partial charge in [0.15, 0.2) is 0 Å². The SMILES string of the molecule is FC(F)Oc1cc(C(F)(F)F)cc(C(F)(F)F)c1I. The zero-order valence-electron chi connectivity index (χ0n) is 8.54. The van der Waals surface area contributed by atoms with Crippen molar-refractivity contribution in [1.29, 1.82) is 0 Å². The Morgan fingerprint density at radius 1 is 0.947 bits per heavy atom. The second kappa shape index (κ2) is 5.29. The third kappa shape index (κ3) is 4.08. The van der Waals surface area contributed by atoms with E-state index in [0.29, 0.717) is 0 Å². The Hall–Kier alpha value is -0.810. The normalized spacial score (nSPS) is 12.9. The van der Waals surface area contributed by atoms with Crippen LogP contribution in [-0.4, -0.2) is 6.61 Å². The molecule has 0 bridgehead atoms. The van der Waals surface area contributed by atoms with Gasteiger partial charge in [0.25, 0.3) is 0 Å². The molecule has 10 heteroatoms. The molecule has 0 N–H and O–H groups in total. The summed E-state index contributed by atoms with van der Waals surface area (Å²) in [7, 11) is 0. The molecule has 108 valence electrons. The summed E-state index contributed by atoms with van der Waals surface area (Å²) in [5, 5.41) is 0. The van der Waals surface area contributed by atoms with Crippen molar-refractivity contribution < 1.29 is 39.9 Å². The predicted octanol–water partition coefficient (Wildman–Crippen LogP) is 4.93. The van der Waals surface area contributed by atoms with E-state index >= 15 is 0 Å². The van der Waals surface area contributed by atoms with Crippen molar-refractivity contribution in [1.82, 2.24) is 0 Å². The summed E-state index contributed by atoms with van der Waals surface area (Å²) in [5.74, 6) is -1.17. The van der Waals surface area contributed by atoms with E-state index in [4.69, 9.17) is 0 Å². The van der Waals surface area contributed by atoms with Crippen molar-refractivity contribution in [3.8, 4) is 5.75 Å². The highest BCUT2D eigenvalue weighted by molar-refractivity contribution is 14.1. The van der Waals surface area contributed by atoms with Crippen LogP contribution in [0, 0.1) is 3.57 Å². The van der Waals surface area contributed by atoms with Crippen molar-refractivity contribution in [3.05, 3.63) is 26.8 Å². The minimum atomic E-state index is -5.11. The summed E-state index contributed by atoms with van der Waals surface area (Å²) >= 11 is 0.999. The highest BCUT2D eigenvalue weighted by Crippen LogP contribution is 2.42. The average molecular weight is 406 g/mol. The summed E-state index contributed by atoms with van der Waals surface area (Å²) < 4.78 is 101. The van der Waals surface area contributed by atoms with Crippen LogP contribution in [0.4, 0.5) is 35.1 Å². The van der Waals surface area contributed by atoms with E-state index < -0.39 is 39.4 Å². The minimum absolute atomic E-state index is 0.100. The largest absolute Gasteiger partial charge is 0.434 e. The number of halogens is 9. The molecule has 0 aromatic heterocycles.